The molecule has 1 fully saturated rings. The van der Waals surface area contributed by atoms with Crippen LogP contribution in [0, 0.1) is 11.8 Å². The van der Waals surface area contributed by atoms with Crippen LogP contribution in [0.15, 0.2) is 24.2 Å². The van der Waals surface area contributed by atoms with Crippen molar-refractivity contribution in [3.05, 3.63) is 24.2 Å². The number of imide groups is 1. The van der Waals surface area contributed by atoms with Gasteiger partial charge in [-0.2, -0.15) is 0 Å². The Labute approximate surface area is 99.0 Å². The molecule has 0 aromatic rings. The number of amides is 2. The molecule has 0 saturated carbocycles. The van der Waals surface area contributed by atoms with Gasteiger partial charge in [0.1, 0.15) is 0 Å². The molecule has 0 aromatic heterocycles. The molecule has 1 saturated heterocycles. The second-order valence-corrected chi connectivity index (χ2v) is 4.69. The topological polar surface area (TPSA) is 64.6 Å². The summed E-state index contributed by atoms with van der Waals surface area (Å²) in [5.41, 5.74) is 1.10. The lowest BCUT2D eigenvalue weighted by Crippen LogP contribution is -2.36. The lowest BCUT2D eigenvalue weighted by Gasteiger charge is -2.28. The Hall–Kier alpha value is -1.72. The molecule has 1 N–H and O–H groups in total. The van der Waals surface area contributed by atoms with E-state index in [4.69, 9.17) is 9.31 Å². The number of hydrogen-bond acceptors (Lipinski definition) is 4. The summed E-state index contributed by atoms with van der Waals surface area (Å²) in [6.07, 6.45) is 5.55. The number of carbonyl (C=O) groups excluding carboxylic acids is 2. The first kappa shape index (κ1) is 10.4. The summed E-state index contributed by atoms with van der Waals surface area (Å²) in [7, 11) is -0.491. The van der Waals surface area contributed by atoms with Crippen molar-refractivity contribution < 1.29 is 18.9 Å². The van der Waals surface area contributed by atoms with Crippen LogP contribution >= 0.6 is 0 Å². The number of hydrogen-bond donors (Lipinski definition) is 1. The zero-order chi connectivity index (χ0) is 12.0. The van der Waals surface area contributed by atoms with Crippen LogP contribution in [0.5, 0.6) is 0 Å². The van der Waals surface area contributed by atoms with E-state index in [1.54, 1.807) is 0 Å². The highest BCUT2D eigenvalue weighted by Crippen LogP contribution is 2.43. The summed E-state index contributed by atoms with van der Waals surface area (Å²) < 4.78 is 10.6. The molecule has 2 aliphatic heterocycles. The molecule has 17 heavy (non-hydrogen) atoms. The molecule has 3 rings (SSSR count). The van der Waals surface area contributed by atoms with Gasteiger partial charge in [0.05, 0.1) is 30.2 Å². The maximum absolute atomic E-state index is 11.8. The zero-order valence-electron chi connectivity index (χ0n) is 9.38. The first-order valence-electron chi connectivity index (χ1n) is 5.65. The van der Waals surface area contributed by atoms with Gasteiger partial charge in [0, 0.05) is 0 Å². The Morgan fingerprint density at radius 3 is 2.71 bits per heavy atom. The van der Waals surface area contributed by atoms with Crippen molar-refractivity contribution >= 4 is 18.9 Å². The summed E-state index contributed by atoms with van der Waals surface area (Å²) in [4.78, 5) is 23.5. The third-order valence-corrected chi connectivity index (χ3v) is 3.55. The van der Waals surface area contributed by atoms with Gasteiger partial charge in [0.15, 0.2) is 0 Å². The van der Waals surface area contributed by atoms with E-state index in [1.807, 2.05) is 13.0 Å². The third kappa shape index (κ3) is 1.55. The van der Waals surface area contributed by atoms with Crippen molar-refractivity contribution in [1.29, 1.82) is 0 Å². The van der Waals surface area contributed by atoms with Crippen LogP contribution in [-0.2, 0) is 18.9 Å². The zero-order valence-corrected chi connectivity index (χ0v) is 9.38. The number of carbonyl (C=O) groups is 2. The average molecular weight is 233 g/mol. The minimum absolute atomic E-state index is 0.177. The SMILES string of the molecule is CC1=C[C@@H](B2OC=CO2)[C@H]2C(=O)NC(=O)[C@H]2C1. The molecule has 0 spiro atoms. The number of rotatable bonds is 1. The minimum atomic E-state index is -0.491. The molecular formula is C11H12BNO4. The number of allylic oxidation sites excluding steroid dienone is 2. The van der Waals surface area contributed by atoms with Gasteiger partial charge in [-0.25, -0.2) is 0 Å². The van der Waals surface area contributed by atoms with E-state index < -0.39 is 7.12 Å². The fourth-order valence-electron chi connectivity index (χ4n) is 2.83. The van der Waals surface area contributed by atoms with E-state index >= 15 is 0 Å². The van der Waals surface area contributed by atoms with E-state index in [1.165, 1.54) is 12.5 Å². The first-order valence-corrected chi connectivity index (χ1v) is 5.65. The van der Waals surface area contributed by atoms with E-state index in [9.17, 15) is 9.59 Å². The third-order valence-electron chi connectivity index (χ3n) is 3.55. The first-order chi connectivity index (χ1) is 8.16. The van der Waals surface area contributed by atoms with Crippen LogP contribution in [0.4, 0.5) is 0 Å². The van der Waals surface area contributed by atoms with Crippen LogP contribution in [0.25, 0.3) is 0 Å². The molecule has 2 amide bonds. The van der Waals surface area contributed by atoms with Gasteiger partial charge in [-0.15, -0.1) is 0 Å². The summed E-state index contributed by atoms with van der Waals surface area (Å²) >= 11 is 0. The highest BCUT2D eigenvalue weighted by molar-refractivity contribution is 6.49. The smallest absolute Gasteiger partial charge is 0.529 e. The lowest BCUT2D eigenvalue weighted by molar-refractivity contribution is -0.126. The number of nitrogens with one attached hydrogen (secondary N) is 1. The second kappa shape index (κ2) is 3.65. The molecule has 88 valence electrons. The molecule has 3 atom stereocenters. The van der Waals surface area contributed by atoms with Gasteiger partial charge < -0.3 is 9.31 Å². The van der Waals surface area contributed by atoms with Gasteiger partial charge in [-0.1, -0.05) is 11.6 Å². The summed E-state index contributed by atoms with van der Waals surface area (Å²) in [6.45, 7) is 1.96. The van der Waals surface area contributed by atoms with Gasteiger partial charge in [0.25, 0.3) is 0 Å². The average Bonchev–Trinajstić information content (AvgIpc) is 2.88. The predicted octanol–water partition coefficient (Wildman–Crippen LogP) is 0.602. The Morgan fingerprint density at radius 1 is 1.29 bits per heavy atom. The quantitative estimate of drug-likeness (QED) is 0.409. The van der Waals surface area contributed by atoms with Gasteiger partial charge in [0.2, 0.25) is 11.8 Å². The second-order valence-electron chi connectivity index (χ2n) is 4.69. The van der Waals surface area contributed by atoms with Gasteiger partial charge in [-0.05, 0) is 13.3 Å². The fraction of sp³-hybridized carbons (Fsp3) is 0.455. The van der Waals surface area contributed by atoms with E-state index in [-0.39, 0.29) is 29.5 Å². The van der Waals surface area contributed by atoms with Crippen molar-refractivity contribution in [3.63, 3.8) is 0 Å². The molecule has 3 aliphatic rings. The Kier molecular flexibility index (Phi) is 2.24. The van der Waals surface area contributed by atoms with Crippen LogP contribution in [0.2, 0.25) is 5.82 Å². The lowest BCUT2D eigenvalue weighted by atomic mass is 9.58. The molecule has 0 unspecified atom stereocenters. The van der Waals surface area contributed by atoms with E-state index in [0.29, 0.717) is 6.42 Å². The van der Waals surface area contributed by atoms with Crippen molar-refractivity contribution in [2.75, 3.05) is 0 Å². The summed E-state index contributed by atoms with van der Waals surface area (Å²) in [5.74, 6) is -1.23. The molecule has 0 radical (unpaired) electrons. The van der Waals surface area contributed by atoms with E-state index in [2.05, 4.69) is 5.32 Å². The molecule has 5 nitrogen and oxygen atoms in total. The Balaban J connectivity index is 1.92. The fourth-order valence-corrected chi connectivity index (χ4v) is 2.83. The largest absolute Gasteiger partial charge is 0.602 e. The Morgan fingerprint density at radius 2 is 2.00 bits per heavy atom. The van der Waals surface area contributed by atoms with Crippen LogP contribution in [-0.4, -0.2) is 18.9 Å². The maximum Gasteiger partial charge on any atom is 0.602 e. The molecule has 2 heterocycles. The maximum atomic E-state index is 11.8. The standard InChI is InChI=1S/C11H12BNO4/c1-6-4-7-9(11(15)13-10(7)14)8(5-6)12-16-2-3-17-12/h2-3,5,7-9H,4H2,1H3,(H,13,14,15)/t7-,8+,9-/m0/s1. The van der Waals surface area contributed by atoms with Crippen LogP contribution < -0.4 is 5.32 Å². The van der Waals surface area contributed by atoms with Crippen molar-refractivity contribution in [3.8, 4) is 0 Å². The molecule has 1 aliphatic carbocycles. The van der Waals surface area contributed by atoms with Crippen molar-refractivity contribution in [2.24, 2.45) is 11.8 Å². The highest BCUT2D eigenvalue weighted by Gasteiger charge is 2.53. The van der Waals surface area contributed by atoms with Crippen molar-refractivity contribution in [2.45, 2.75) is 19.2 Å². The van der Waals surface area contributed by atoms with Crippen molar-refractivity contribution in [1.82, 2.24) is 5.32 Å². The van der Waals surface area contributed by atoms with Crippen LogP contribution in [0.3, 0.4) is 0 Å². The van der Waals surface area contributed by atoms with Crippen LogP contribution in [0.1, 0.15) is 13.3 Å². The monoisotopic (exact) mass is 233 g/mol. The summed E-state index contributed by atoms with van der Waals surface area (Å²) in [5, 5.41) is 2.39. The predicted molar refractivity (Wildman–Crippen MR) is 59.3 cm³/mol. The van der Waals surface area contributed by atoms with E-state index in [0.717, 1.165) is 5.57 Å². The molecule has 0 aromatic carbocycles. The van der Waals surface area contributed by atoms with Gasteiger partial charge in [-0.3, -0.25) is 14.9 Å². The summed E-state index contributed by atoms with van der Waals surface area (Å²) in [6, 6.07) is 0. The molecule has 6 heteroatoms. The normalized spacial score (nSPS) is 35.0. The minimum Gasteiger partial charge on any atom is -0.529 e. The number of fused-ring (bicyclic) bond motifs is 1. The Bertz CT molecular complexity index is 437. The highest BCUT2D eigenvalue weighted by atomic mass is 16.6. The van der Waals surface area contributed by atoms with Gasteiger partial charge >= 0.3 is 7.12 Å². The molecular weight excluding hydrogens is 221 g/mol. The molecule has 0 bridgehead atoms.